The largest absolute Gasteiger partial charge is 0.507 e. The lowest BCUT2D eigenvalue weighted by atomic mass is 10.1. The number of phenolic OH excluding ortho intramolecular Hbond substituents is 1. The molecule has 2 aromatic rings. The van der Waals surface area contributed by atoms with Gasteiger partial charge in [0.2, 0.25) is 5.91 Å². The van der Waals surface area contributed by atoms with E-state index in [1.54, 1.807) is 36.4 Å². The van der Waals surface area contributed by atoms with Crippen LogP contribution >= 0.6 is 35.0 Å². The van der Waals surface area contributed by atoms with Gasteiger partial charge in [-0.3, -0.25) is 4.79 Å². The summed E-state index contributed by atoms with van der Waals surface area (Å²) in [6.45, 7) is 0. The highest BCUT2D eigenvalue weighted by molar-refractivity contribution is 8.15. The zero-order chi connectivity index (χ0) is 17.8. The van der Waals surface area contributed by atoms with Gasteiger partial charge in [0.05, 0.1) is 21.5 Å². The second-order valence-electron chi connectivity index (χ2n) is 5.22. The van der Waals surface area contributed by atoms with Gasteiger partial charge in [0.15, 0.2) is 5.17 Å². The second-order valence-corrected chi connectivity index (χ2v) is 7.20. The molecule has 128 valence electrons. The zero-order valence-corrected chi connectivity index (χ0v) is 15.1. The van der Waals surface area contributed by atoms with E-state index in [1.807, 2.05) is 6.07 Å². The molecule has 0 radical (unpaired) electrons. The van der Waals surface area contributed by atoms with Crippen molar-refractivity contribution in [1.29, 1.82) is 0 Å². The van der Waals surface area contributed by atoms with Crippen LogP contribution in [0.3, 0.4) is 0 Å². The van der Waals surface area contributed by atoms with Crippen LogP contribution in [0.5, 0.6) is 5.75 Å². The van der Waals surface area contributed by atoms with E-state index < -0.39 is 0 Å². The highest BCUT2D eigenvalue weighted by Crippen LogP contribution is 2.30. The molecule has 0 aliphatic carbocycles. The summed E-state index contributed by atoms with van der Waals surface area (Å²) in [6, 6.07) is 12.1. The number of carbonyl (C=O) groups is 1. The van der Waals surface area contributed by atoms with Crippen molar-refractivity contribution < 1.29 is 9.90 Å². The molecule has 0 aromatic heterocycles. The Morgan fingerprint density at radius 1 is 1.20 bits per heavy atom. The second kappa shape index (κ2) is 7.91. The number of thioether (sulfide) groups is 1. The van der Waals surface area contributed by atoms with Gasteiger partial charge in [0.25, 0.3) is 0 Å². The maximum atomic E-state index is 12.1. The highest BCUT2D eigenvalue weighted by atomic mass is 35.5. The Labute approximate surface area is 158 Å². The van der Waals surface area contributed by atoms with E-state index in [4.69, 9.17) is 23.2 Å². The molecular formula is C17H13Cl2N3O2S. The number of benzene rings is 2. The molecule has 25 heavy (non-hydrogen) atoms. The molecule has 5 nitrogen and oxygen atoms in total. The topological polar surface area (TPSA) is 74.0 Å². The minimum absolute atomic E-state index is 0.114. The van der Waals surface area contributed by atoms with Crippen LogP contribution < -0.4 is 5.32 Å². The van der Waals surface area contributed by atoms with Gasteiger partial charge < -0.3 is 10.4 Å². The average molecular weight is 394 g/mol. The molecule has 1 saturated heterocycles. The third kappa shape index (κ3) is 4.34. The lowest BCUT2D eigenvalue weighted by Gasteiger charge is -2.08. The monoisotopic (exact) mass is 393 g/mol. The van der Waals surface area contributed by atoms with Crippen LogP contribution in [0.15, 0.2) is 52.7 Å². The molecule has 1 unspecified atom stereocenters. The number of nitrogens with zero attached hydrogens (tertiary/aromatic N) is 2. The van der Waals surface area contributed by atoms with Gasteiger partial charge in [-0.15, -0.1) is 5.10 Å². The molecule has 0 spiro atoms. The number of phenols is 1. The van der Waals surface area contributed by atoms with E-state index in [1.165, 1.54) is 18.0 Å². The van der Waals surface area contributed by atoms with Gasteiger partial charge in [0.1, 0.15) is 5.75 Å². The fourth-order valence-electron chi connectivity index (χ4n) is 2.23. The highest BCUT2D eigenvalue weighted by Gasteiger charge is 2.31. The molecule has 0 bridgehead atoms. The van der Waals surface area contributed by atoms with E-state index >= 15 is 0 Å². The van der Waals surface area contributed by atoms with Gasteiger partial charge >= 0.3 is 0 Å². The number of amidine groups is 1. The number of carbonyl (C=O) groups excluding carboxylic acids is 1. The zero-order valence-electron chi connectivity index (χ0n) is 12.8. The maximum absolute atomic E-state index is 12.1. The van der Waals surface area contributed by atoms with Crippen molar-refractivity contribution in [3.63, 3.8) is 0 Å². The third-order valence-electron chi connectivity index (χ3n) is 3.50. The SMILES string of the molecule is O=C1NC(=NN=Cc2ccccc2O)SC1Cc1cccc(Cl)c1Cl. The van der Waals surface area contributed by atoms with Crippen molar-refractivity contribution >= 4 is 52.3 Å². The summed E-state index contributed by atoms with van der Waals surface area (Å²) in [5, 5.41) is 21.2. The van der Waals surface area contributed by atoms with Gasteiger partial charge in [0, 0.05) is 5.56 Å². The van der Waals surface area contributed by atoms with Crippen molar-refractivity contribution in [2.75, 3.05) is 0 Å². The van der Waals surface area contributed by atoms with Crippen LogP contribution in [0.4, 0.5) is 0 Å². The Morgan fingerprint density at radius 3 is 2.80 bits per heavy atom. The molecule has 2 N–H and O–H groups in total. The normalized spacial score (nSPS) is 18.9. The summed E-state index contributed by atoms with van der Waals surface area (Å²) in [7, 11) is 0. The molecule has 8 heteroatoms. The Hall–Kier alpha value is -2.02. The molecule has 1 aliphatic rings. The summed E-state index contributed by atoms with van der Waals surface area (Å²) in [4.78, 5) is 12.1. The number of amides is 1. The minimum atomic E-state index is -0.352. The van der Waals surface area contributed by atoms with E-state index in [9.17, 15) is 9.90 Å². The number of para-hydroxylation sites is 1. The van der Waals surface area contributed by atoms with E-state index in [0.29, 0.717) is 27.2 Å². The molecule has 1 atom stereocenters. The number of hydrogen-bond acceptors (Lipinski definition) is 5. The van der Waals surface area contributed by atoms with Crippen LogP contribution in [0.2, 0.25) is 10.0 Å². The van der Waals surface area contributed by atoms with E-state index in [-0.39, 0.29) is 16.9 Å². The molecule has 1 heterocycles. The quantitative estimate of drug-likeness (QED) is 0.611. The summed E-state index contributed by atoms with van der Waals surface area (Å²) in [5.41, 5.74) is 1.35. The van der Waals surface area contributed by atoms with Crippen molar-refractivity contribution in [3.8, 4) is 5.75 Å². The van der Waals surface area contributed by atoms with Crippen molar-refractivity contribution in [1.82, 2.24) is 5.32 Å². The molecule has 3 rings (SSSR count). The van der Waals surface area contributed by atoms with Crippen LogP contribution in [0, 0.1) is 0 Å². The van der Waals surface area contributed by atoms with Crippen LogP contribution in [0.25, 0.3) is 0 Å². The lowest BCUT2D eigenvalue weighted by molar-refractivity contribution is -0.118. The Morgan fingerprint density at radius 2 is 2.00 bits per heavy atom. The van der Waals surface area contributed by atoms with Gasteiger partial charge in [-0.2, -0.15) is 5.10 Å². The van der Waals surface area contributed by atoms with Gasteiger partial charge in [-0.05, 0) is 30.2 Å². The Kier molecular flexibility index (Phi) is 5.63. The fourth-order valence-corrected chi connectivity index (χ4v) is 3.58. The Bertz CT molecular complexity index is 871. The van der Waals surface area contributed by atoms with Crippen molar-refractivity contribution in [2.24, 2.45) is 10.2 Å². The molecule has 1 fully saturated rings. The lowest BCUT2D eigenvalue weighted by Crippen LogP contribution is -2.26. The first-order valence-corrected chi connectivity index (χ1v) is 8.97. The molecule has 0 saturated carbocycles. The molecule has 2 aromatic carbocycles. The first-order valence-electron chi connectivity index (χ1n) is 7.34. The van der Waals surface area contributed by atoms with Gasteiger partial charge in [-0.25, -0.2) is 0 Å². The van der Waals surface area contributed by atoms with Gasteiger partial charge in [-0.1, -0.05) is 59.2 Å². The Balaban J connectivity index is 1.68. The predicted octanol–water partition coefficient (Wildman–Crippen LogP) is 3.86. The molecule has 1 aliphatic heterocycles. The first-order chi connectivity index (χ1) is 12.0. The standard InChI is InChI=1S/C17H13Cl2N3O2S/c18-12-6-3-5-10(15(12)19)8-14-16(24)21-17(25-14)22-20-9-11-4-1-2-7-13(11)23/h1-7,9,14,23H,8H2,(H,21,22,24). The third-order valence-corrected chi connectivity index (χ3v) is 5.43. The molecule has 1 amide bonds. The summed E-state index contributed by atoms with van der Waals surface area (Å²) >= 11 is 13.5. The summed E-state index contributed by atoms with van der Waals surface area (Å²) < 4.78 is 0. The fraction of sp³-hybridized carbons (Fsp3) is 0.118. The number of nitrogens with one attached hydrogen (secondary N) is 1. The minimum Gasteiger partial charge on any atom is -0.507 e. The first kappa shape index (κ1) is 17.8. The van der Waals surface area contributed by atoms with E-state index in [2.05, 4.69) is 15.5 Å². The van der Waals surface area contributed by atoms with Crippen LogP contribution in [-0.4, -0.2) is 27.6 Å². The summed E-state index contributed by atoms with van der Waals surface area (Å²) in [5.74, 6) is -0.0411. The van der Waals surface area contributed by atoms with Crippen LogP contribution in [0.1, 0.15) is 11.1 Å². The number of aromatic hydroxyl groups is 1. The number of rotatable bonds is 4. The predicted molar refractivity (Wildman–Crippen MR) is 103 cm³/mol. The molecular weight excluding hydrogens is 381 g/mol. The number of halogens is 2. The van der Waals surface area contributed by atoms with Crippen molar-refractivity contribution in [2.45, 2.75) is 11.7 Å². The summed E-state index contributed by atoms with van der Waals surface area (Å²) in [6.07, 6.45) is 1.87. The maximum Gasteiger partial charge on any atom is 0.239 e. The smallest absolute Gasteiger partial charge is 0.239 e. The van der Waals surface area contributed by atoms with Crippen molar-refractivity contribution in [3.05, 3.63) is 63.6 Å². The van der Waals surface area contributed by atoms with E-state index in [0.717, 1.165) is 5.56 Å². The van der Waals surface area contributed by atoms with Crippen LogP contribution in [-0.2, 0) is 11.2 Å². The average Bonchev–Trinajstić information content (AvgIpc) is 2.93. The number of hydrogen-bond donors (Lipinski definition) is 2.